The average molecular weight is 206 g/mol. The van der Waals surface area contributed by atoms with Gasteiger partial charge >= 0.3 is 0 Å². The van der Waals surface area contributed by atoms with Crippen LogP contribution in [0.5, 0.6) is 0 Å². The van der Waals surface area contributed by atoms with Gasteiger partial charge in [-0.3, -0.25) is 4.79 Å². The van der Waals surface area contributed by atoms with Crippen LogP contribution in [0.4, 0.5) is 0 Å². The Bertz CT molecular complexity index is 612. The van der Waals surface area contributed by atoms with Gasteiger partial charge in [-0.25, -0.2) is 0 Å². The van der Waals surface area contributed by atoms with Crippen molar-refractivity contribution in [1.29, 1.82) is 0 Å². The van der Waals surface area contributed by atoms with Crippen LogP contribution < -0.4 is 0 Å². The first-order chi connectivity index (χ1) is 7.88. The smallest absolute Gasteiger partial charge is 0.171 e. The van der Waals surface area contributed by atoms with E-state index in [9.17, 15) is 4.79 Å². The van der Waals surface area contributed by atoms with Crippen molar-refractivity contribution in [3.05, 3.63) is 70.8 Å². The Labute approximate surface area is 93.7 Å². The van der Waals surface area contributed by atoms with Crippen LogP contribution in [0.25, 0.3) is 0 Å². The van der Waals surface area contributed by atoms with Gasteiger partial charge in [0, 0.05) is 11.5 Å². The third kappa shape index (κ3) is 0.768. The highest BCUT2D eigenvalue weighted by Crippen LogP contribution is 2.56. The van der Waals surface area contributed by atoms with Gasteiger partial charge in [0.2, 0.25) is 0 Å². The molecule has 0 aliphatic heterocycles. The summed E-state index contributed by atoms with van der Waals surface area (Å²) < 4.78 is 0. The first-order valence-electron chi connectivity index (χ1n) is 5.60. The molecule has 2 unspecified atom stereocenters. The Morgan fingerprint density at radius 2 is 1.25 bits per heavy atom. The van der Waals surface area contributed by atoms with Crippen LogP contribution in [-0.2, 0) is 0 Å². The minimum absolute atomic E-state index is 0.105. The molecule has 2 atom stereocenters. The van der Waals surface area contributed by atoms with Gasteiger partial charge in [-0.05, 0) is 16.7 Å². The lowest BCUT2D eigenvalue weighted by Gasteiger charge is -2.33. The van der Waals surface area contributed by atoms with Gasteiger partial charge in [-0.1, -0.05) is 48.5 Å². The summed E-state index contributed by atoms with van der Waals surface area (Å²) in [6.45, 7) is 0. The van der Waals surface area contributed by atoms with Gasteiger partial charge in [-0.2, -0.15) is 0 Å². The molecule has 4 rings (SSSR count). The van der Waals surface area contributed by atoms with Crippen LogP contribution >= 0.6 is 0 Å². The molecular formula is C15H10O. The number of ketones is 1. The van der Waals surface area contributed by atoms with Crippen molar-refractivity contribution >= 4 is 5.78 Å². The van der Waals surface area contributed by atoms with Crippen molar-refractivity contribution in [2.75, 3.05) is 0 Å². The molecule has 0 radical (unpaired) electrons. The quantitative estimate of drug-likeness (QED) is 0.647. The van der Waals surface area contributed by atoms with Crippen LogP contribution in [0.15, 0.2) is 48.5 Å². The van der Waals surface area contributed by atoms with Crippen molar-refractivity contribution in [3.8, 4) is 0 Å². The molecule has 0 saturated heterocycles. The predicted octanol–water partition coefficient (Wildman–Crippen LogP) is 3.11. The van der Waals surface area contributed by atoms with E-state index in [0.29, 0.717) is 11.7 Å². The molecule has 0 heterocycles. The number of carbonyl (C=O) groups is 1. The summed E-state index contributed by atoms with van der Waals surface area (Å²) in [7, 11) is 0. The molecule has 0 aromatic heterocycles. The molecule has 2 aromatic carbocycles. The van der Waals surface area contributed by atoms with E-state index in [2.05, 4.69) is 24.3 Å². The average Bonchev–Trinajstić information content (AvgIpc) is 2.55. The van der Waals surface area contributed by atoms with E-state index < -0.39 is 0 Å². The minimum atomic E-state index is 0.105. The Kier molecular flexibility index (Phi) is 1.35. The number of hydrogen-bond donors (Lipinski definition) is 0. The number of rotatable bonds is 0. The second kappa shape index (κ2) is 2.62. The van der Waals surface area contributed by atoms with E-state index in [-0.39, 0.29) is 5.92 Å². The normalized spacial score (nSPS) is 24.4. The van der Waals surface area contributed by atoms with E-state index in [0.717, 1.165) is 5.56 Å². The maximum Gasteiger partial charge on any atom is 0.171 e. The number of hydrogen-bond acceptors (Lipinski definition) is 1. The number of benzene rings is 2. The number of Topliss-reactive ketones (excluding diaryl/α,β-unsaturated/α-hetero) is 1. The number of fused-ring (bicyclic) bond motifs is 6. The minimum Gasteiger partial charge on any atom is -0.293 e. The molecule has 0 bridgehead atoms. The molecule has 0 saturated carbocycles. The summed E-state index contributed by atoms with van der Waals surface area (Å²) in [5, 5.41) is 0. The molecule has 16 heavy (non-hydrogen) atoms. The van der Waals surface area contributed by atoms with Crippen molar-refractivity contribution < 1.29 is 4.79 Å². The Morgan fingerprint density at radius 3 is 2.00 bits per heavy atom. The molecule has 0 N–H and O–H groups in total. The zero-order valence-corrected chi connectivity index (χ0v) is 8.68. The molecule has 1 heteroatoms. The maximum absolute atomic E-state index is 12.2. The van der Waals surface area contributed by atoms with Crippen LogP contribution in [-0.4, -0.2) is 5.78 Å². The summed E-state index contributed by atoms with van der Waals surface area (Å²) >= 11 is 0. The third-order valence-corrected chi connectivity index (χ3v) is 3.84. The summed E-state index contributed by atoms with van der Waals surface area (Å²) in [6, 6.07) is 16.3. The first kappa shape index (κ1) is 8.28. The number of carbonyl (C=O) groups excluding carboxylic acids is 1. The molecule has 1 nitrogen and oxygen atoms in total. The molecule has 76 valence electrons. The van der Waals surface area contributed by atoms with Gasteiger partial charge in [0.25, 0.3) is 0 Å². The monoisotopic (exact) mass is 206 g/mol. The zero-order chi connectivity index (χ0) is 10.7. The summed E-state index contributed by atoms with van der Waals surface area (Å²) in [5.41, 5.74) is 4.71. The highest BCUT2D eigenvalue weighted by Gasteiger charge is 2.49. The second-order valence-electron chi connectivity index (χ2n) is 4.54. The molecule has 0 spiro atoms. The largest absolute Gasteiger partial charge is 0.293 e. The van der Waals surface area contributed by atoms with Gasteiger partial charge in [0.05, 0.1) is 5.92 Å². The van der Waals surface area contributed by atoms with Crippen LogP contribution in [0.1, 0.15) is 38.9 Å². The lowest BCUT2D eigenvalue weighted by molar-refractivity contribution is 0.0959. The molecule has 2 aromatic rings. The lowest BCUT2D eigenvalue weighted by atomic mass is 9.68. The van der Waals surface area contributed by atoms with E-state index in [1.165, 1.54) is 16.7 Å². The first-order valence-corrected chi connectivity index (χ1v) is 5.60. The molecule has 0 fully saturated rings. The fourth-order valence-electron chi connectivity index (χ4n) is 3.14. The van der Waals surface area contributed by atoms with E-state index in [1.54, 1.807) is 0 Å². The van der Waals surface area contributed by atoms with Crippen LogP contribution in [0, 0.1) is 0 Å². The van der Waals surface area contributed by atoms with Crippen LogP contribution in [0.2, 0.25) is 0 Å². The fraction of sp³-hybridized carbons (Fsp3) is 0.133. The van der Waals surface area contributed by atoms with Gasteiger partial charge < -0.3 is 0 Å². The second-order valence-corrected chi connectivity index (χ2v) is 4.54. The van der Waals surface area contributed by atoms with Gasteiger partial charge in [0.15, 0.2) is 5.78 Å². The van der Waals surface area contributed by atoms with Crippen LogP contribution in [0.3, 0.4) is 0 Å². The Hall–Kier alpha value is -1.89. The SMILES string of the molecule is O=C1c2ccccc2C2c3ccccc3C12. The third-order valence-electron chi connectivity index (χ3n) is 3.84. The summed E-state index contributed by atoms with van der Waals surface area (Å²) in [4.78, 5) is 12.2. The zero-order valence-electron chi connectivity index (χ0n) is 8.68. The van der Waals surface area contributed by atoms with Crippen molar-refractivity contribution in [1.82, 2.24) is 0 Å². The summed E-state index contributed by atoms with van der Waals surface area (Å²) in [5.74, 6) is 0.743. The standard InChI is InChI=1S/C15H10O/c16-15-12-8-4-3-7-11(12)13-9-5-1-2-6-10(9)14(13)15/h1-8,13-14H. The highest BCUT2D eigenvalue weighted by atomic mass is 16.1. The molecular weight excluding hydrogens is 196 g/mol. The highest BCUT2D eigenvalue weighted by molar-refractivity contribution is 6.09. The molecule has 2 aliphatic carbocycles. The lowest BCUT2D eigenvalue weighted by Crippen LogP contribution is -2.24. The topological polar surface area (TPSA) is 17.1 Å². The van der Waals surface area contributed by atoms with Crippen molar-refractivity contribution in [3.63, 3.8) is 0 Å². The van der Waals surface area contributed by atoms with E-state index in [4.69, 9.17) is 0 Å². The Balaban J connectivity index is 2.00. The van der Waals surface area contributed by atoms with Crippen molar-refractivity contribution in [2.45, 2.75) is 11.8 Å². The van der Waals surface area contributed by atoms with Crippen molar-refractivity contribution in [2.24, 2.45) is 0 Å². The Morgan fingerprint density at radius 1 is 0.688 bits per heavy atom. The van der Waals surface area contributed by atoms with Gasteiger partial charge in [0.1, 0.15) is 0 Å². The molecule has 0 amide bonds. The maximum atomic E-state index is 12.2. The van der Waals surface area contributed by atoms with Gasteiger partial charge in [-0.15, -0.1) is 0 Å². The molecule has 2 aliphatic rings. The summed E-state index contributed by atoms with van der Waals surface area (Å²) in [6.07, 6.45) is 0. The van der Waals surface area contributed by atoms with E-state index >= 15 is 0 Å². The predicted molar refractivity (Wildman–Crippen MR) is 61.8 cm³/mol. The fourth-order valence-corrected chi connectivity index (χ4v) is 3.14. The van der Waals surface area contributed by atoms with E-state index in [1.807, 2.05) is 24.3 Å².